The first-order valence-corrected chi connectivity index (χ1v) is 5.15. The van der Waals surface area contributed by atoms with Crippen LogP contribution in [-0.4, -0.2) is 4.92 Å². The number of nitro groups is 1. The van der Waals surface area contributed by atoms with E-state index in [1.54, 1.807) is 12.1 Å². The molecule has 0 spiro atoms. The lowest BCUT2D eigenvalue weighted by Gasteiger charge is -2.12. The number of nitrogens with zero attached hydrogens (tertiary/aromatic N) is 1. The average molecular weight is 201 g/mol. The molecule has 3 rings (SSSR count). The number of hydrogen-bond donors (Lipinski definition) is 0. The van der Waals surface area contributed by atoms with E-state index in [4.69, 9.17) is 0 Å². The molecule has 2 bridgehead atoms. The molecule has 2 aliphatic rings. The summed E-state index contributed by atoms with van der Waals surface area (Å²) in [6, 6.07) is 5.24. The topological polar surface area (TPSA) is 43.1 Å². The van der Waals surface area contributed by atoms with Crippen LogP contribution in [0.4, 0.5) is 5.69 Å². The summed E-state index contributed by atoms with van der Waals surface area (Å²) >= 11 is 0. The van der Waals surface area contributed by atoms with Crippen molar-refractivity contribution in [3.8, 4) is 0 Å². The van der Waals surface area contributed by atoms with Gasteiger partial charge in [0.2, 0.25) is 0 Å². The summed E-state index contributed by atoms with van der Waals surface area (Å²) in [6.07, 6.45) is 2.27. The molecule has 0 amide bonds. The molecule has 1 fully saturated rings. The third kappa shape index (κ3) is 1.00. The van der Waals surface area contributed by atoms with Gasteiger partial charge in [0, 0.05) is 24.0 Å². The summed E-state index contributed by atoms with van der Waals surface area (Å²) in [7, 11) is 0. The number of nitro benzene ring substituents is 1. The van der Waals surface area contributed by atoms with Crippen molar-refractivity contribution in [1.29, 1.82) is 0 Å². The predicted molar refractivity (Wildman–Crippen MR) is 57.0 cm³/mol. The molecule has 0 heterocycles. The Morgan fingerprint density at radius 1 is 1.27 bits per heavy atom. The third-order valence-electron chi connectivity index (χ3n) is 3.67. The molecule has 2 atom stereocenters. The van der Waals surface area contributed by atoms with E-state index in [-0.39, 0.29) is 10.6 Å². The highest BCUT2D eigenvalue weighted by atomic mass is 16.6. The molecule has 0 aliphatic heterocycles. The molecule has 1 aromatic carbocycles. The van der Waals surface area contributed by atoms with Gasteiger partial charge in [-0.15, -0.1) is 0 Å². The lowest BCUT2D eigenvalue weighted by atomic mass is 9.91. The zero-order valence-electron chi connectivity index (χ0n) is 8.27. The monoisotopic (exact) mass is 201 g/mol. The van der Waals surface area contributed by atoms with Crippen molar-refractivity contribution in [2.45, 2.75) is 24.7 Å². The Balaban J connectivity index is 2.16. The molecule has 1 aromatic rings. The quantitative estimate of drug-likeness (QED) is 0.398. The van der Waals surface area contributed by atoms with Crippen LogP contribution in [0.1, 0.15) is 35.8 Å². The summed E-state index contributed by atoms with van der Waals surface area (Å²) in [6.45, 7) is 4.10. The average Bonchev–Trinajstić information content (AvgIpc) is 2.72. The van der Waals surface area contributed by atoms with Crippen LogP contribution in [0.5, 0.6) is 0 Å². The Labute approximate surface area is 87.6 Å². The van der Waals surface area contributed by atoms with Gasteiger partial charge < -0.3 is 0 Å². The summed E-state index contributed by atoms with van der Waals surface area (Å²) in [5.74, 6) is 0.843. The molecule has 3 nitrogen and oxygen atoms in total. The van der Waals surface area contributed by atoms with E-state index < -0.39 is 0 Å². The summed E-state index contributed by atoms with van der Waals surface area (Å²) in [4.78, 5) is 10.3. The number of non-ortho nitro benzene ring substituents is 1. The van der Waals surface area contributed by atoms with E-state index in [1.807, 2.05) is 6.07 Å². The summed E-state index contributed by atoms with van der Waals surface area (Å²) < 4.78 is 0. The van der Waals surface area contributed by atoms with Crippen molar-refractivity contribution in [2.24, 2.45) is 0 Å². The van der Waals surface area contributed by atoms with Gasteiger partial charge in [-0.2, -0.15) is 0 Å². The molecule has 0 saturated heterocycles. The molecule has 2 unspecified atom stereocenters. The van der Waals surface area contributed by atoms with Gasteiger partial charge in [0.25, 0.3) is 5.69 Å². The van der Waals surface area contributed by atoms with Crippen molar-refractivity contribution in [3.05, 3.63) is 51.6 Å². The second-order valence-corrected chi connectivity index (χ2v) is 4.33. The van der Waals surface area contributed by atoms with Gasteiger partial charge in [-0.1, -0.05) is 18.2 Å². The zero-order chi connectivity index (χ0) is 10.6. The molecule has 15 heavy (non-hydrogen) atoms. The van der Waals surface area contributed by atoms with Crippen LogP contribution in [0, 0.1) is 10.1 Å². The number of allylic oxidation sites excluding steroid dienone is 1. The van der Waals surface area contributed by atoms with E-state index in [2.05, 4.69) is 6.58 Å². The van der Waals surface area contributed by atoms with Crippen molar-refractivity contribution >= 4 is 5.69 Å². The second-order valence-electron chi connectivity index (χ2n) is 4.33. The van der Waals surface area contributed by atoms with Crippen LogP contribution in [0.3, 0.4) is 0 Å². The first-order chi connectivity index (χ1) is 7.18. The Kier molecular flexibility index (Phi) is 1.55. The van der Waals surface area contributed by atoms with Gasteiger partial charge in [0.15, 0.2) is 0 Å². The molecule has 3 heteroatoms. The first kappa shape index (κ1) is 8.65. The second kappa shape index (κ2) is 2.69. The van der Waals surface area contributed by atoms with Crippen molar-refractivity contribution < 1.29 is 4.92 Å². The largest absolute Gasteiger partial charge is 0.269 e. The first-order valence-electron chi connectivity index (χ1n) is 5.15. The summed E-state index contributed by atoms with van der Waals surface area (Å²) in [5, 5.41) is 10.7. The maximum atomic E-state index is 10.7. The Hall–Kier alpha value is -1.64. The summed E-state index contributed by atoms with van der Waals surface area (Å²) in [5.41, 5.74) is 3.87. The van der Waals surface area contributed by atoms with Gasteiger partial charge in [0.1, 0.15) is 0 Å². The van der Waals surface area contributed by atoms with Gasteiger partial charge in [0.05, 0.1) is 4.92 Å². The fourth-order valence-electron chi connectivity index (χ4n) is 2.95. The van der Waals surface area contributed by atoms with Crippen molar-refractivity contribution in [2.75, 3.05) is 0 Å². The minimum atomic E-state index is -0.324. The number of benzene rings is 1. The number of fused-ring (bicyclic) bond motifs is 5. The minimum Gasteiger partial charge on any atom is -0.258 e. The van der Waals surface area contributed by atoms with E-state index in [0.717, 1.165) is 18.4 Å². The van der Waals surface area contributed by atoms with Crippen LogP contribution in [0.2, 0.25) is 0 Å². The Bertz CT molecular complexity index is 479. The SMILES string of the molecule is C=C1C2CCC1c1cc([N+](=O)[O-])ccc12. The van der Waals surface area contributed by atoms with Gasteiger partial charge in [-0.25, -0.2) is 0 Å². The normalized spacial score (nSPS) is 26.8. The highest BCUT2D eigenvalue weighted by Gasteiger charge is 2.40. The van der Waals surface area contributed by atoms with E-state index >= 15 is 0 Å². The van der Waals surface area contributed by atoms with E-state index in [9.17, 15) is 10.1 Å². The minimum absolute atomic E-state index is 0.203. The lowest BCUT2D eigenvalue weighted by molar-refractivity contribution is -0.384. The predicted octanol–water partition coefficient (Wildman–Crippen LogP) is 3.13. The molecule has 1 saturated carbocycles. The fourth-order valence-corrected chi connectivity index (χ4v) is 2.95. The molecule has 0 N–H and O–H groups in total. The standard InChI is InChI=1S/C12H11NO2/c1-7-9-4-5-10(7)12-6-8(13(14)15)2-3-11(9)12/h2-3,6,9-10H,1,4-5H2. The highest BCUT2D eigenvalue weighted by molar-refractivity contribution is 5.55. The smallest absolute Gasteiger partial charge is 0.258 e. The lowest BCUT2D eigenvalue weighted by Crippen LogP contribution is -1.99. The van der Waals surface area contributed by atoms with Crippen LogP contribution in [0.15, 0.2) is 30.4 Å². The van der Waals surface area contributed by atoms with Gasteiger partial charge >= 0.3 is 0 Å². The van der Waals surface area contributed by atoms with Crippen LogP contribution in [0.25, 0.3) is 0 Å². The van der Waals surface area contributed by atoms with E-state index in [1.165, 1.54) is 11.1 Å². The van der Waals surface area contributed by atoms with Gasteiger partial charge in [-0.05, 0) is 24.0 Å². The molecule has 2 aliphatic carbocycles. The van der Waals surface area contributed by atoms with Crippen molar-refractivity contribution in [1.82, 2.24) is 0 Å². The van der Waals surface area contributed by atoms with E-state index in [0.29, 0.717) is 11.8 Å². The highest BCUT2D eigenvalue weighted by Crippen LogP contribution is 2.56. The molecule has 0 radical (unpaired) electrons. The maximum Gasteiger partial charge on any atom is 0.269 e. The molecular formula is C12H11NO2. The zero-order valence-corrected chi connectivity index (χ0v) is 8.27. The molecule has 0 aromatic heterocycles. The van der Waals surface area contributed by atoms with Crippen molar-refractivity contribution in [3.63, 3.8) is 0 Å². The van der Waals surface area contributed by atoms with Gasteiger partial charge in [-0.3, -0.25) is 10.1 Å². The third-order valence-corrected chi connectivity index (χ3v) is 3.67. The molecular weight excluding hydrogens is 190 g/mol. The molecule has 76 valence electrons. The Morgan fingerprint density at radius 2 is 1.93 bits per heavy atom. The number of hydrogen-bond acceptors (Lipinski definition) is 2. The Morgan fingerprint density at radius 3 is 2.60 bits per heavy atom. The van der Waals surface area contributed by atoms with Crippen LogP contribution >= 0.6 is 0 Å². The number of rotatable bonds is 1. The van der Waals surface area contributed by atoms with Crippen LogP contribution in [-0.2, 0) is 0 Å². The maximum absolute atomic E-state index is 10.7. The van der Waals surface area contributed by atoms with Crippen LogP contribution < -0.4 is 0 Å². The fraction of sp³-hybridized carbons (Fsp3) is 0.333.